The molecule has 2 aromatic heterocycles. The van der Waals surface area contributed by atoms with Gasteiger partial charge in [-0.1, -0.05) is 11.6 Å². The predicted molar refractivity (Wildman–Crippen MR) is 113 cm³/mol. The van der Waals surface area contributed by atoms with Crippen molar-refractivity contribution in [2.45, 2.75) is 24.8 Å². The molecule has 1 unspecified atom stereocenters. The monoisotopic (exact) mass is 458 g/mol. The van der Waals surface area contributed by atoms with Crippen LogP contribution in [-0.4, -0.2) is 63.8 Å². The molecule has 1 aromatic carbocycles. The molecular formula is C20H19ClN6O3S. The van der Waals surface area contributed by atoms with Gasteiger partial charge in [-0.15, -0.1) is 0 Å². The lowest BCUT2D eigenvalue weighted by molar-refractivity contribution is 0.0593. The first-order valence-corrected chi connectivity index (χ1v) is 11.3. The molecule has 0 spiro atoms. The van der Waals surface area contributed by atoms with Crippen LogP contribution in [0.2, 0.25) is 5.02 Å². The van der Waals surface area contributed by atoms with Crippen molar-refractivity contribution >= 4 is 33.2 Å². The molecule has 0 bridgehead atoms. The second-order valence-electron chi connectivity index (χ2n) is 7.40. The standard InChI is InChI=1S/C20H19ClN6O3S/c1-13-7-15(8-22)3-4-18(13)31(29,30)25-5-6-26(14(2)11-25)20(28)17-10-24-27-12-16(21)9-23-19(17)27/h3-4,7,9-10,12,14H,5-6,11H2,1-2H3. The number of carbonyl (C=O) groups is 1. The summed E-state index contributed by atoms with van der Waals surface area (Å²) < 4.78 is 29.2. The highest BCUT2D eigenvalue weighted by atomic mass is 35.5. The molecule has 3 aromatic rings. The summed E-state index contributed by atoms with van der Waals surface area (Å²) in [5, 5.41) is 13.5. The van der Waals surface area contributed by atoms with Crippen LogP contribution in [0.4, 0.5) is 0 Å². The highest BCUT2D eigenvalue weighted by Crippen LogP contribution is 2.25. The van der Waals surface area contributed by atoms with Crippen LogP contribution in [0, 0.1) is 18.3 Å². The van der Waals surface area contributed by atoms with Gasteiger partial charge >= 0.3 is 0 Å². The SMILES string of the molecule is Cc1cc(C#N)ccc1S(=O)(=O)N1CCN(C(=O)c2cnn3cc(Cl)cnc23)C(C)C1. The molecule has 1 aliphatic rings. The first-order chi connectivity index (χ1) is 14.7. The maximum atomic E-state index is 13.2. The molecule has 9 nitrogen and oxygen atoms in total. The Morgan fingerprint density at radius 3 is 2.74 bits per heavy atom. The Morgan fingerprint density at radius 1 is 1.29 bits per heavy atom. The van der Waals surface area contributed by atoms with Crippen molar-refractivity contribution < 1.29 is 13.2 Å². The zero-order valence-corrected chi connectivity index (χ0v) is 18.4. The van der Waals surface area contributed by atoms with Crippen molar-refractivity contribution in [2.24, 2.45) is 0 Å². The largest absolute Gasteiger partial charge is 0.333 e. The van der Waals surface area contributed by atoms with E-state index in [1.807, 2.05) is 6.07 Å². The van der Waals surface area contributed by atoms with Crippen molar-refractivity contribution in [2.75, 3.05) is 19.6 Å². The van der Waals surface area contributed by atoms with Gasteiger partial charge in [0, 0.05) is 31.9 Å². The molecule has 1 amide bonds. The summed E-state index contributed by atoms with van der Waals surface area (Å²) in [6, 6.07) is 6.17. The minimum atomic E-state index is -3.75. The van der Waals surface area contributed by atoms with Crippen molar-refractivity contribution in [1.82, 2.24) is 23.8 Å². The number of aromatic nitrogens is 3. The lowest BCUT2D eigenvalue weighted by Gasteiger charge is -2.39. The normalized spacial score (nSPS) is 17.6. The number of rotatable bonds is 3. The molecule has 0 aliphatic carbocycles. The van der Waals surface area contributed by atoms with Gasteiger partial charge in [0.05, 0.1) is 33.9 Å². The fraction of sp³-hybridized carbons (Fsp3) is 0.300. The van der Waals surface area contributed by atoms with E-state index in [0.29, 0.717) is 27.4 Å². The molecule has 160 valence electrons. The minimum absolute atomic E-state index is 0.159. The first-order valence-electron chi connectivity index (χ1n) is 9.53. The average Bonchev–Trinajstić information content (AvgIpc) is 3.15. The number of benzene rings is 1. The van der Waals surface area contributed by atoms with Crippen LogP contribution in [0.25, 0.3) is 5.65 Å². The Bertz CT molecular complexity index is 1330. The number of hydrogen-bond donors (Lipinski definition) is 0. The maximum absolute atomic E-state index is 13.2. The zero-order valence-electron chi connectivity index (χ0n) is 16.9. The van der Waals surface area contributed by atoms with E-state index >= 15 is 0 Å². The Balaban J connectivity index is 1.55. The molecule has 1 fully saturated rings. The minimum Gasteiger partial charge on any atom is -0.333 e. The number of halogens is 1. The van der Waals surface area contributed by atoms with Gasteiger partial charge in [0.1, 0.15) is 5.56 Å². The van der Waals surface area contributed by atoms with Crippen LogP contribution in [0.3, 0.4) is 0 Å². The summed E-state index contributed by atoms with van der Waals surface area (Å²) in [6.07, 6.45) is 4.45. The molecule has 1 atom stereocenters. The van der Waals surface area contributed by atoms with Crippen molar-refractivity contribution in [1.29, 1.82) is 5.26 Å². The Hall–Kier alpha value is -3.00. The van der Waals surface area contributed by atoms with E-state index in [2.05, 4.69) is 10.1 Å². The molecule has 3 heterocycles. The van der Waals surface area contributed by atoms with Crippen LogP contribution in [0.15, 0.2) is 41.7 Å². The fourth-order valence-corrected chi connectivity index (χ4v) is 5.61. The van der Waals surface area contributed by atoms with E-state index in [1.165, 1.54) is 33.3 Å². The van der Waals surface area contributed by atoms with Crippen LogP contribution >= 0.6 is 11.6 Å². The zero-order chi connectivity index (χ0) is 22.3. The number of amides is 1. The number of fused-ring (bicyclic) bond motifs is 1. The number of nitriles is 1. The second kappa shape index (κ2) is 7.92. The van der Waals surface area contributed by atoms with E-state index in [4.69, 9.17) is 16.9 Å². The molecule has 4 rings (SSSR count). The first kappa shape index (κ1) is 21.2. The molecule has 1 saturated heterocycles. The average molecular weight is 459 g/mol. The van der Waals surface area contributed by atoms with Gasteiger partial charge in [-0.2, -0.15) is 14.7 Å². The predicted octanol–water partition coefficient (Wildman–Crippen LogP) is 2.10. The number of aryl methyl sites for hydroxylation is 1. The number of nitrogens with zero attached hydrogens (tertiary/aromatic N) is 6. The molecule has 0 N–H and O–H groups in total. The molecular weight excluding hydrogens is 440 g/mol. The summed E-state index contributed by atoms with van der Waals surface area (Å²) in [7, 11) is -3.75. The number of carbonyl (C=O) groups excluding carboxylic acids is 1. The number of sulfonamides is 1. The summed E-state index contributed by atoms with van der Waals surface area (Å²) in [4.78, 5) is 19.1. The van der Waals surface area contributed by atoms with Gasteiger partial charge in [-0.3, -0.25) is 4.79 Å². The third-order valence-corrected chi connectivity index (χ3v) is 7.55. The summed E-state index contributed by atoms with van der Waals surface area (Å²) in [5.74, 6) is -0.260. The van der Waals surface area contributed by atoms with Crippen LogP contribution in [0.5, 0.6) is 0 Å². The van der Waals surface area contributed by atoms with Gasteiger partial charge in [-0.25, -0.2) is 17.9 Å². The van der Waals surface area contributed by atoms with Crippen LogP contribution in [0.1, 0.15) is 28.4 Å². The lowest BCUT2D eigenvalue weighted by atomic mass is 10.1. The third-order valence-electron chi connectivity index (χ3n) is 5.33. The topological polar surface area (TPSA) is 112 Å². The van der Waals surface area contributed by atoms with Crippen LogP contribution < -0.4 is 0 Å². The lowest BCUT2D eigenvalue weighted by Crippen LogP contribution is -2.55. The van der Waals surface area contributed by atoms with E-state index in [9.17, 15) is 13.2 Å². The van der Waals surface area contributed by atoms with Gasteiger partial charge in [-0.05, 0) is 37.6 Å². The number of piperazine rings is 1. The number of hydrogen-bond acceptors (Lipinski definition) is 6. The van der Waals surface area contributed by atoms with E-state index in [0.717, 1.165) is 0 Å². The molecule has 11 heteroatoms. The van der Waals surface area contributed by atoms with E-state index in [1.54, 1.807) is 31.0 Å². The van der Waals surface area contributed by atoms with Gasteiger partial charge in [0.15, 0.2) is 5.65 Å². The smallest absolute Gasteiger partial charge is 0.259 e. The highest BCUT2D eigenvalue weighted by molar-refractivity contribution is 7.89. The van der Waals surface area contributed by atoms with Gasteiger partial charge < -0.3 is 4.90 Å². The van der Waals surface area contributed by atoms with Crippen LogP contribution in [-0.2, 0) is 10.0 Å². The highest BCUT2D eigenvalue weighted by Gasteiger charge is 2.36. The van der Waals surface area contributed by atoms with Gasteiger partial charge in [0.2, 0.25) is 10.0 Å². The molecule has 0 saturated carbocycles. The maximum Gasteiger partial charge on any atom is 0.259 e. The van der Waals surface area contributed by atoms with Crippen molar-refractivity contribution in [3.63, 3.8) is 0 Å². The fourth-order valence-electron chi connectivity index (χ4n) is 3.75. The van der Waals surface area contributed by atoms with Crippen molar-refractivity contribution in [3.8, 4) is 6.07 Å². The Kier molecular flexibility index (Phi) is 5.43. The summed E-state index contributed by atoms with van der Waals surface area (Å²) in [5.41, 5.74) is 1.65. The molecule has 0 radical (unpaired) electrons. The summed E-state index contributed by atoms with van der Waals surface area (Å²) in [6.45, 7) is 4.03. The Morgan fingerprint density at radius 2 is 2.06 bits per heavy atom. The Labute approximate surface area is 184 Å². The van der Waals surface area contributed by atoms with E-state index < -0.39 is 10.0 Å². The van der Waals surface area contributed by atoms with E-state index in [-0.39, 0.29) is 36.5 Å². The molecule has 31 heavy (non-hydrogen) atoms. The van der Waals surface area contributed by atoms with Gasteiger partial charge in [0.25, 0.3) is 5.91 Å². The molecule has 1 aliphatic heterocycles. The van der Waals surface area contributed by atoms with Crippen molar-refractivity contribution in [3.05, 3.63) is 58.5 Å². The second-order valence-corrected chi connectivity index (χ2v) is 9.74. The summed E-state index contributed by atoms with van der Waals surface area (Å²) >= 11 is 5.92. The third kappa shape index (κ3) is 3.76. The quantitative estimate of drug-likeness (QED) is 0.594.